The highest BCUT2D eigenvalue weighted by Gasteiger charge is 2.17. The Hall–Kier alpha value is -2.70. The zero-order valence-electron chi connectivity index (χ0n) is 15.4. The van der Waals surface area contributed by atoms with E-state index in [0.29, 0.717) is 23.4 Å². The fourth-order valence-electron chi connectivity index (χ4n) is 3.40. The molecule has 0 amide bonds. The molecule has 1 unspecified atom stereocenters. The van der Waals surface area contributed by atoms with E-state index in [1.165, 1.54) is 12.1 Å². The average Bonchev–Trinajstić information content (AvgIpc) is 2.74. The van der Waals surface area contributed by atoms with Crippen LogP contribution in [0.2, 0.25) is 0 Å². The van der Waals surface area contributed by atoms with Crippen molar-refractivity contribution in [3.05, 3.63) is 64.7 Å². The molecule has 1 atom stereocenters. The van der Waals surface area contributed by atoms with Crippen molar-refractivity contribution in [1.29, 1.82) is 0 Å². The Morgan fingerprint density at radius 1 is 1.07 bits per heavy atom. The van der Waals surface area contributed by atoms with Gasteiger partial charge in [0.25, 0.3) is 5.56 Å². The SMILES string of the molecule is O=c1[nH]c(-c2ccccc2)c(OCCOC2CCCCO2)c2ccc(F)cc12. The lowest BCUT2D eigenvalue weighted by Crippen LogP contribution is -2.24. The summed E-state index contributed by atoms with van der Waals surface area (Å²) in [5, 5.41) is 0.823. The second-order valence-corrected chi connectivity index (χ2v) is 6.73. The van der Waals surface area contributed by atoms with Gasteiger partial charge in [0.15, 0.2) is 12.0 Å². The van der Waals surface area contributed by atoms with Gasteiger partial charge in [-0.15, -0.1) is 0 Å². The predicted octanol–water partition coefficient (Wildman–Crippen LogP) is 4.26. The summed E-state index contributed by atoms with van der Waals surface area (Å²) in [5.74, 6) is 0.0446. The Morgan fingerprint density at radius 2 is 1.93 bits per heavy atom. The van der Waals surface area contributed by atoms with Crippen LogP contribution in [0.1, 0.15) is 19.3 Å². The zero-order valence-corrected chi connectivity index (χ0v) is 15.4. The van der Waals surface area contributed by atoms with Crippen LogP contribution in [0.3, 0.4) is 0 Å². The highest BCUT2D eigenvalue weighted by atomic mass is 19.1. The number of aromatic amines is 1. The average molecular weight is 383 g/mol. The van der Waals surface area contributed by atoms with Gasteiger partial charge in [0.05, 0.1) is 17.7 Å². The highest BCUT2D eigenvalue weighted by Crippen LogP contribution is 2.33. The fourth-order valence-corrected chi connectivity index (χ4v) is 3.40. The van der Waals surface area contributed by atoms with Crippen LogP contribution >= 0.6 is 0 Å². The molecular formula is C22H22FNO4. The molecule has 3 aromatic rings. The van der Waals surface area contributed by atoms with E-state index in [-0.39, 0.29) is 23.8 Å². The van der Waals surface area contributed by atoms with Crippen molar-refractivity contribution >= 4 is 10.8 Å². The number of benzene rings is 2. The smallest absolute Gasteiger partial charge is 0.256 e. The first-order valence-electron chi connectivity index (χ1n) is 9.49. The highest BCUT2D eigenvalue weighted by molar-refractivity contribution is 5.92. The fraction of sp³-hybridized carbons (Fsp3) is 0.318. The van der Waals surface area contributed by atoms with Crippen molar-refractivity contribution in [2.24, 2.45) is 0 Å². The van der Waals surface area contributed by atoms with E-state index in [1.54, 1.807) is 6.07 Å². The van der Waals surface area contributed by atoms with Crippen molar-refractivity contribution in [2.75, 3.05) is 19.8 Å². The number of hydrogen-bond acceptors (Lipinski definition) is 4. The van der Waals surface area contributed by atoms with Crippen molar-refractivity contribution in [3.8, 4) is 17.0 Å². The summed E-state index contributed by atoms with van der Waals surface area (Å²) in [7, 11) is 0. The van der Waals surface area contributed by atoms with E-state index in [4.69, 9.17) is 14.2 Å². The molecule has 0 radical (unpaired) electrons. The minimum absolute atomic E-state index is 0.188. The van der Waals surface area contributed by atoms with Gasteiger partial charge in [-0.05, 0) is 37.5 Å². The summed E-state index contributed by atoms with van der Waals surface area (Å²) in [6, 6.07) is 13.6. The second kappa shape index (κ2) is 8.54. The Kier molecular flexibility index (Phi) is 5.69. The van der Waals surface area contributed by atoms with Crippen LogP contribution in [0.25, 0.3) is 22.0 Å². The number of fused-ring (bicyclic) bond motifs is 1. The molecule has 1 aliphatic rings. The Bertz CT molecular complexity index is 997. The van der Waals surface area contributed by atoms with Crippen molar-refractivity contribution in [2.45, 2.75) is 25.6 Å². The third-order valence-corrected chi connectivity index (χ3v) is 4.77. The first-order valence-corrected chi connectivity index (χ1v) is 9.49. The standard InChI is InChI=1S/C22H22FNO4/c23-16-9-10-17-18(14-16)22(25)24-20(15-6-2-1-3-7-15)21(17)28-13-12-27-19-8-4-5-11-26-19/h1-3,6-7,9-10,14,19H,4-5,8,11-13H2,(H,24,25). The van der Waals surface area contributed by atoms with Crippen LogP contribution in [-0.4, -0.2) is 31.1 Å². The minimum atomic E-state index is -0.464. The van der Waals surface area contributed by atoms with Crippen LogP contribution in [0, 0.1) is 5.82 Å². The summed E-state index contributed by atoms with van der Waals surface area (Å²) in [4.78, 5) is 15.3. The third kappa shape index (κ3) is 4.08. The summed E-state index contributed by atoms with van der Waals surface area (Å²) in [5.41, 5.74) is 1.03. The molecule has 1 fully saturated rings. The van der Waals surface area contributed by atoms with E-state index in [2.05, 4.69) is 4.98 Å². The summed E-state index contributed by atoms with van der Waals surface area (Å²) in [6.45, 7) is 1.37. The number of rotatable bonds is 6. The number of nitrogens with one attached hydrogen (secondary N) is 1. The molecule has 1 saturated heterocycles. The first kappa shape index (κ1) is 18.7. The van der Waals surface area contributed by atoms with Gasteiger partial charge in [-0.2, -0.15) is 0 Å². The lowest BCUT2D eigenvalue weighted by Gasteiger charge is -2.23. The molecule has 0 saturated carbocycles. The van der Waals surface area contributed by atoms with Gasteiger partial charge in [0.2, 0.25) is 0 Å². The number of aromatic nitrogens is 1. The summed E-state index contributed by atoms with van der Waals surface area (Å²) in [6.07, 6.45) is 2.86. The van der Waals surface area contributed by atoms with E-state index >= 15 is 0 Å². The van der Waals surface area contributed by atoms with E-state index in [0.717, 1.165) is 31.4 Å². The molecule has 2 heterocycles. The van der Waals surface area contributed by atoms with Crippen molar-refractivity contribution in [3.63, 3.8) is 0 Å². The maximum Gasteiger partial charge on any atom is 0.256 e. The minimum Gasteiger partial charge on any atom is -0.488 e. The maximum absolute atomic E-state index is 13.7. The summed E-state index contributed by atoms with van der Waals surface area (Å²) >= 11 is 0. The molecular weight excluding hydrogens is 361 g/mol. The lowest BCUT2D eigenvalue weighted by atomic mass is 10.1. The Labute approximate surface area is 162 Å². The largest absolute Gasteiger partial charge is 0.488 e. The van der Waals surface area contributed by atoms with Crippen LogP contribution in [0.5, 0.6) is 5.75 Å². The molecule has 28 heavy (non-hydrogen) atoms. The van der Waals surface area contributed by atoms with E-state index in [1.807, 2.05) is 30.3 Å². The zero-order chi connectivity index (χ0) is 19.3. The lowest BCUT2D eigenvalue weighted by molar-refractivity contribution is -0.165. The molecule has 0 spiro atoms. The van der Waals surface area contributed by atoms with Gasteiger partial charge >= 0.3 is 0 Å². The van der Waals surface area contributed by atoms with Gasteiger partial charge in [0, 0.05) is 17.6 Å². The molecule has 146 valence electrons. The van der Waals surface area contributed by atoms with Gasteiger partial charge in [-0.25, -0.2) is 4.39 Å². The predicted molar refractivity (Wildman–Crippen MR) is 105 cm³/mol. The molecule has 6 heteroatoms. The third-order valence-electron chi connectivity index (χ3n) is 4.77. The first-order chi connectivity index (χ1) is 13.7. The molecule has 1 N–H and O–H groups in total. The van der Waals surface area contributed by atoms with Crippen molar-refractivity contribution in [1.82, 2.24) is 4.98 Å². The molecule has 2 aromatic carbocycles. The molecule has 0 aliphatic carbocycles. The van der Waals surface area contributed by atoms with Gasteiger partial charge in [-0.1, -0.05) is 30.3 Å². The normalized spacial score (nSPS) is 17.0. The number of hydrogen-bond donors (Lipinski definition) is 1. The molecule has 1 aliphatic heterocycles. The number of pyridine rings is 1. The van der Waals surface area contributed by atoms with Crippen molar-refractivity contribution < 1.29 is 18.6 Å². The molecule has 0 bridgehead atoms. The quantitative estimate of drug-likeness (QED) is 0.646. The number of ether oxygens (including phenoxy) is 3. The van der Waals surface area contributed by atoms with Gasteiger partial charge < -0.3 is 19.2 Å². The number of halogens is 1. The van der Waals surface area contributed by atoms with Crippen LogP contribution < -0.4 is 10.3 Å². The van der Waals surface area contributed by atoms with E-state index < -0.39 is 5.82 Å². The second-order valence-electron chi connectivity index (χ2n) is 6.73. The summed E-state index contributed by atoms with van der Waals surface area (Å²) < 4.78 is 31.0. The monoisotopic (exact) mass is 383 g/mol. The molecule has 1 aromatic heterocycles. The number of H-pyrrole nitrogens is 1. The Morgan fingerprint density at radius 3 is 2.71 bits per heavy atom. The van der Waals surface area contributed by atoms with E-state index in [9.17, 15) is 9.18 Å². The Balaban J connectivity index is 1.62. The van der Waals surface area contributed by atoms with Crippen LogP contribution in [0.4, 0.5) is 4.39 Å². The van der Waals surface area contributed by atoms with Crippen LogP contribution in [-0.2, 0) is 9.47 Å². The maximum atomic E-state index is 13.7. The topological polar surface area (TPSA) is 60.6 Å². The molecule has 4 rings (SSSR count). The molecule has 5 nitrogen and oxygen atoms in total. The van der Waals surface area contributed by atoms with Crippen LogP contribution in [0.15, 0.2) is 53.3 Å². The van der Waals surface area contributed by atoms with Gasteiger partial charge in [-0.3, -0.25) is 4.79 Å². The van der Waals surface area contributed by atoms with Gasteiger partial charge in [0.1, 0.15) is 12.4 Å².